The zero-order valence-corrected chi connectivity index (χ0v) is 6.74. The Morgan fingerprint density at radius 1 is 1.83 bits per heavy atom. The van der Waals surface area contributed by atoms with Gasteiger partial charge in [-0.05, 0) is 0 Å². The molecule has 0 aromatic carbocycles. The summed E-state index contributed by atoms with van der Waals surface area (Å²) in [7, 11) is 1.74. The van der Waals surface area contributed by atoms with E-state index in [0.717, 1.165) is 0 Å². The highest BCUT2D eigenvalue weighted by atomic mass is 16.6. The van der Waals surface area contributed by atoms with Gasteiger partial charge in [0.05, 0.1) is 0 Å². The zero-order valence-electron chi connectivity index (χ0n) is 6.74. The first-order chi connectivity index (χ1) is 5.65. The highest BCUT2D eigenvalue weighted by Crippen LogP contribution is 2.19. The minimum absolute atomic E-state index is 0.355. The lowest BCUT2D eigenvalue weighted by molar-refractivity contribution is 0.126. The molecule has 1 amide bonds. The Balaban J connectivity index is 2.68. The number of carbonyl (C=O) groups is 1. The quantitative estimate of drug-likeness (QED) is 0.538. The molecular formula is C7H10N2O3. The summed E-state index contributed by atoms with van der Waals surface area (Å²) in [6.45, 7) is 0.683. The predicted octanol–water partition coefficient (Wildman–Crippen LogP) is -0.499. The molecule has 1 fully saturated rings. The molecule has 5 heteroatoms. The van der Waals surface area contributed by atoms with Gasteiger partial charge in [-0.2, -0.15) is 0 Å². The second-order valence-electron chi connectivity index (χ2n) is 2.62. The fourth-order valence-corrected chi connectivity index (χ4v) is 1.21. The van der Waals surface area contributed by atoms with Crippen LogP contribution >= 0.6 is 0 Å². The van der Waals surface area contributed by atoms with Crippen LogP contribution < -0.4 is 5.73 Å². The van der Waals surface area contributed by atoms with Crippen molar-refractivity contribution in [1.29, 1.82) is 0 Å². The number of amides is 1. The fraction of sp³-hybridized carbons (Fsp3) is 0.571. The molecule has 0 radical (unpaired) electrons. The number of primary amides is 1. The average Bonchev–Trinajstić information content (AvgIpc) is 2.30. The van der Waals surface area contributed by atoms with Crippen molar-refractivity contribution in [2.45, 2.75) is 12.5 Å². The molecule has 1 aliphatic heterocycles. The highest BCUT2D eigenvalue weighted by Gasteiger charge is 2.29. The van der Waals surface area contributed by atoms with Crippen LogP contribution in [0.2, 0.25) is 0 Å². The lowest BCUT2D eigenvalue weighted by Crippen LogP contribution is -2.24. The molecule has 1 heterocycles. The fourth-order valence-electron chi connectivity index (χ4n) is 1.21. The van der Waals surface area contributed by atoms with Gasteiger partial charge in [-0.15, -0.1) is 0 Å². The molecule has 12 heavy (non-hydrogen) atoms. The third-order valence-corrected chi connectivity index (χ3v) is 1.81. The molecule has 0 unspecified atom stereocenters. The number of carbonyl (C=O) groups excluding carboxylic acids is 2. The van der Waals surface area contributed by atoms with Crippen molar-refractivity contribution >= 4 is 12.0 Å². The van der Waals surface area contributed by atoms with Crippen LogP contribution in [-0.4, -0.2) is 36.6 Å². The molecular weight excluding hydrogens is 160 g/mol. The Morgan fingerprint density at radius 3 is 3.00 bits per heavy atom. The van der Waals surface area contributed by atoms with Gasteiger partial charge in [0.1, 0.15) is 11.6 Å². The number of rotatable bonds is 1. The first-order valence-electron chi connectivity index (χ1n) is 3.57. The van der Waals surface area contributed by atoms with Crippen molar-refractivity contribution in [3.63, 3.8) is 0 Å². The van der Waals surface area contributed by atoms with Gasteiger partial charge in [-0.3, -0.25) is 0 Å². The number of ether oxygens (including phenoxy) is 1. The lowest BCUT2D eigenvalue weighted by atomic mass is 10.3. The van der Waals surface area contributed by atoms with Crippen LogP contribution in [0.3, 0.4) is 0 Å². The molecule has 2 N–H and O–H groups in total. The molecule has 0 saturated carbocycles. The molecule has 0 bridgehead atoms. The van der Waals surface area contributed by atoms with E-state index in [1.165, 1.54) is 0 Å². The van der Waals surface area contributed by atoms with Gasteiger partial charge in [-0.1, -0.05) is 0 Å². The number of likely N-dealkylation sites (tertiary alicyclic amines) is 1. The van der Waals surface area contributed by atoms with Gasteiger partial charge in [0.15, 0.2) is 6.10 Å². The Labute approximate surface area is 69.8 Å². The zero-order chi connectivity index (χ0) is 9.14. The first-order valence-corrected chi connectivity index (χ1v) is 3.57. The topological polar surface area (TPSA) is 72.6 Å². The molecule has 1 rings (SSSR count). The van der Waals surface area contributed by atoms with Crippen molar-refractivity contribution in [1.82, 2.24) is 4.90 Å². The molecule has 66 valence electrons. The van der Waals surface area contributed by atoms with Crippen molar-refractivity contribution in [2.75, 3.05) is 13.6 Å². The molecule has 5 nitrogen and oxygen atoms in total. The lowest BCUT2D eigenvalue weighted by Gasteiger charge is -2.12. The second-order valence-corrected chi connectivity index (χ2v) is 2.62. The summed E-state index contributed by atoms with van der Waals surface area (Å²) in [4.78, 5) is 22.4. The molecule has 1 aliphatic rings. The highest BCUT2D eigenvalue weighted by molar-refractivity contribution is 5.66. The Bertz CT molecular complexity index is 245. The van der Waals surface area contributed by atoms with E-state index in [1.54, 1.807) is 17.9 Å². The smallest absolute Gasteiger partial charge is 0.405 e. The van der Waals surface area contributed by atoms with Crippen LogP contribution in [0.4, 0.5) is 4.79 Å². The number of hydrogen-bond acceptors (Lipinski definition) is 4. The van der Waals surface area contributed by atoms with Gasteiger partial charge in [-0.25, -0.2) is 9.59 Å². The van der Waals surface area contributed by atoms with Crippen molar-refractivity contribution < 1.29 is 14.3 Å². The maximum Gasteiger partial charge on any atom is 0.405 e. The standard InChI is InChI=1S/C7H10N2O3/c1-9-3-2-6(5(9)4-10)12-7(8)11/h6H,2-3H2,1H3,(H2,8,11)/t6-/m1/s1. The summed E-state index contributed by atoms with van der Waals surface area (Å²) in [5, 5.41) is 0. The van der Waals surface area contributed by atoms with Crippen LogP contribution in [0.25, 0.3) is 0 Å². The van der Waals surface area contributed by atoms with E-state index in [2.05, 4.69) is 4.74 Å². The summed E-state index contributed by atoms with van der Waals surface area (Å²) in [5.41, 5.74) is 5.17. The third-order valence-electron chi connectivity index (χ3n) is 1.81. The second kappa shape index (κ2) is 3.28. The summed E-state index contributed by atoms with van der Waals surface area (Å²) in [6, 6.07) is 0. The van der Waals surface area contributed by atoms with E-state index in [9.17, 15) is 9.59 Å². The maximum atomic E-state index is 10.4. The summed E-state index contributed by atoms with van der Waals surface area (Å²) in [6.07, 6.45) is -0.766. The number of nitrogens with two attached hydrogens (primary N) is 1. The minimum Gasteiger partial charge on any atom is -0.439 e. The predicted molar refractivity (Wildman–Crippen MR) is 40.9 cm³/mol. The Kier molecular flexibility index (Phi) is 2.35. The summed E-state index contributed by atoms with van der Waals surface area (Å²) < 4.78 is 4.68. The monoisotopic (exact) mass is 170 g/mol. The van der Waals surface area contributed by atoms with Crippen molar-refractivity contribution in [3.05, 3.63) is 5.70 Å². The summed E-state index contributed by atoms with van der Waals surface area (Å²) in [5.74, 6) is 1.73. The molecule has 1 saturated heterocycles. The number of likely N-dealkylation sites (N-methyl/N-ethyl adjacent to an activating group) is 1. The van der Waals surface area contributed by atoms with Gasteiger partial charge >= 0.3 is 6.09 Å². The Morgan fingerprint density at radius 2 is 2.50 bits per heavy atom. The largest absolute Gasteiger partial charge is 0.439 e. The third kappa shape index (κ3) is 1.57. The minimum atomic E-state index is -0.858. The van der Waals surface area contributed by atoms with Crippen molar-refractivity contribution in [2.24, 2.45) is 5.73 Å². The van der Waals surface area contributed by atoms with Crippen LogP contribution in [-0.2, 0) is 9.53 Å². The molecule has 0 aromatic heterocycles. The van der Waals surface area contributed by atoms with Gasteiger partial charge in [0.2, 0.25) is 0 Å². The van der Waals surface area contributed by atoms with Crippen LogP contribution in [0.15, 0.2) is 5.70 Å². The Hall–Kier alpha value is -1.48. The number of nitrogens with zero attached hydrogens (tertiary/aromatic N) is 1. The van der Waals surface area contributed by atoms with E-state index in [4.69, 9.17) is 5.73 Å². The molecule has 0 spiro atoms. The molecule has 1 atom stereocenters. The van der Waals surface area contributed by atoms with E-state index < -0.39 is 12.2 Å². The first kappa shape index (κ1) is 8.62. The number of hydrogen-bond donors (Lipinski definition) is 1. The summed E-state index contributed by atoms with van der Waals surface area (Å²) >= 11 is 0. The van der Waals surface area contributed by atoms with Crippen LogP contribution in [0, 0.1) is 0 Å². The molecule has 0 aromatic rings. The van der Waals surface area contributed by atoms with Crippen molar-refractivity contribution in [3.8, 4) is 0 Å². The van der Waals surface area contributed by atoms with Gasteiger partial charge < -0.3 is 15.4 Å². The average molecular weight is 170 g/mol. The normalized spacial score (nSPS) is 22.2. The molecule has 0 aliphatic carbocycles. The SMILES string of the molecule is CN1CC[C@@H](OC(N)=O)C1=C=O. The van der Waals surface area contributed by atoms with E-state index >= 15 is 0 Å². The van der Waals surface area contributed by atoms with Gasteiger partial charge in [0.25, 0.3) is 0 Å². The van der Waals surface area contributed by atoms with E-state index in [1.807, 2.05) is 0 Å². The van der Waals surface area contributed by atoms with Crippen LogP contribution in [0.1, 0.15) is 6.42 Å². The maximum absolute atomic E-state index is 10.4. The van der Waals surface area contributed by atoms with E-state index in [-0.39, 0.29) is 0 Å². The van der Waals surface area contributed by atoms with Crippen LogP contribution in [0.5, 0.6) is 0 Å². The van der Waals surface area contributed by atoms with Gasteiger partial charge in [0, 0.05) is 20.0 Å². The van der Waals surface area contributed by atoms with E-state index in [0.29, 0.717) is 18.7 Å².